The molecule has 0 aromatic heterocycles. The average Bonchev–Trinajstić information content (AvgIpc) is 2.75. The highest BCUT2D eigenvalue weighted by Gasteiger charge is 2.46. The monoisotopic (exact) mass is 273 g/mol. The molecule has 0 radical (unpaired) electrons. The minimum atomic E-state index is -0.710. The van der Waals surface area contributed by atoms with Crippen LogP contribution < -0.4 is 5.73 Å². The fraction of sp³-hybridized carbons (Fsp3) is 0.929. The number of hydrogen-bond acceptors (Lipinski definition) is 4. The molecule has 1 saturated carbocycles. The molecule has 0 saturated heterocycles. The Bertz CT molecular complexity index is 260. The lowest BCUT2D eigenvalue weighted by Crippen LogP contribution is -2.51. The number of carbonyl (C=O) groups is 1. The molecule has 0 aromatic rings. The average molecular weight is 273 g/mol. The van der Waals surface area contributed by atoms with Gasteiger partial charge in [-0.05, 0) is 43.1 Å². The number of nitrogens with two attached hydrogens (primary N) is 1. The van der Waals surface area contributed by atoms with Crippen LogP contribution in [0.2, 0.25) is 0 Å². The molecule has 1 fully saturated rings. The summed E-state index contributed by atoms with van der Waals surface area (Å²) in [4.78, 5) is 11.8. The second-order valence-corrected chi connectivity index (χ2v) is 6.45. The van der Waals surface area contributed by atoms with Gasteiger partial charge in [0.15, 0.2) is 0 Å². The third-order valence-electron chi connectivity index (χ3n) is 3.94. The fourth-order valence-corrected chi connectivity index (χ4v) is 3.81. The molecule has 0 bridgehead atoms. The number of unbranched alkanes of at least 4 members (excludes halogenated alkanes) is 2. The summed E-state index contributed by atoms with van der Waals surface area (Å²) in [5.41, 5.74) is 5.53. The van der Waals surface area contributed by atoms with Crippen molar-refractivity contribution in [3.8, 4) is 0 Å². The maximum absolute atomic E-state index is 11.8. The lowest BCUT2D eigenvalue weighted by Gasteiger charge is -2.28. The quantitative estimate of drug-likeness (QED) is 0.545. The molecule has 2 N–H and O–H groups in total. The van der Waals surface area contributed by atoms with Gasteiger partial charge in [-0.2, -0.15) is 11.8 Å². The molecule has 2 unspecified atom stereocenters. The molecule has 4 heteroatoms. The summed E-state index contributed by atoms with van der Waals surface area (Å²) in [6.45, 7) is 2.22. The van der Waals surface area contributed by atoms with Crippen molar-refractivity contribution in [1.82, 2.24) is 0 Å². The minimum absolute atomic E-state index is 0.221. The first-order chi connectivity index (χ1) is 8.65. The summed E-state index contributed by atoms with van der Waals surface area (Å²) in [7, 11) is 1.44. The number of methoxy groups -OCH3 is 1. The largest absolute Gasteiger partial charge is 0.468 e. The first-order valence-electron chi connectivity index (χ1n) is 7.10. The van der Waals surface area contributed by atoms with Gasteiger partial charge in [-0.1, -0.05) is 26.2 Å². The number of esters is 1. The Morgan fingerprint density at radius 1 is 1.44 bits per heavy atom. The van der Waals surface area contributed by atoms with E-state index in [4.69, 9.17) is 10.5 Å². The molecule has 0 amide bonds. The number of ether oxygens (including phenoxy) is 1. The van der Waals surface area contributed by atoms with Gasteiger partial charge in [-0.25, -0.2) is 0 Å². The normalized spacial score (nSPS) is 27.4. The zero-order valence-corrected chi connectivity index (χ0v) is 12.6. The standard InChI is InChI=1S/C14H27NO2S/c1-3-4-5-10-18-11-8-12-7-6-9-14(12,15)13(16)17-2/h12H,3-11,15H2,1-2H3. The van der Waals surface area contributed by atoms with Crippen molar-refractivity contribution in [2.24, 2.45) is 11.7 Å². The third-order valence-corrected chi connectivity index (χ3v) is 5.04. The van der Waals surface area contributed by atoms with Gasteiger partial charge in [-0.3, -0.25) is 4.79 Å². The van der Waals surface area contributed by atoms with Crippen molar-refractivity contribution < 1.29 is 9.53 Å². The molecule has 1 aliphatic carbocycles. The number of carbonyl (C=O) groups excluding carboxylic acids is 1. The van der Waals surface area contributed by atoms with Crippen molar-refractivity contribution in [2.45, 2.75) is 57.4 Å². The zero-order chi connectivity index (χ0) is 13.4. The van der Waals surface area contributed by atoms with Gasteiger partial charge >= 0.3 is 5.97 Å². The van der Waals surface area contributed by atoms with Crippen LogP contribution in [0.15, 0.2) is 0 Å². The van der Waals surface area contributed by atoms with Crippen LogP contribution >= 0.6 is 11.8 Å². The topological polar surface area (TPSA) is 52.3 Å². The molecule has 2 atom stereocenters. The van der Waals surface area contributed by atoms with E-state index in [2.05, 4.69) is 6.92 Å². The number of rotatable bonds is 8. The van der Waals surface area contributed by atoms with Gasteiger partial charge in [0.25, 0.3) is 0 Å². The van der Waals surface area contributed by atoms with Crippen LogP contribution in [0.3, 0.4) is 0 Å². The van der Waals surface area contributed by atoms with Gasteiger partial charge in [0, 0.05) is 0 Å². The van der Waals surface area contributed by atoms with Gasteiger partial charge in [0.05, 0.1) is 7.11 Å². The highest BCUT2D eigenvalue weighted by molar-refractivity contribution is 7.99. The van der Waals surface area contributed by atoms with Crippen LogP contribution in [0.4, 0.5) is 0 Å². The second-order valence-electron chi connectivity index (χ2n) is 5.23. The minimum Gasteiger partial charge on any atom is -0.468 e. The van der Waals surface area contributed by atoms with E-state index >= 15 is 0 Å². The summed E-state index contributed by atoms with van der Waals surface area (Å²) in [6, 6.07) is 0. The smallest absolute Gasteiger partial charge is 0.326 e. The van der Waals surface area contributed by atoms with E-state index in [1.165, 1.54) is 32.1 Å². The van der Waals surface area contributed by atoms with Crippen molar-refractivity contribution in [1.29, 1.82) is 0 Å². The van der Waals surface area contributed by atoms with Crippen molar-refractivity contribution in [3.05, 3.63) is 0 Å². The third kappa shape index (κ3) is 4.16. The molecule has 106 valence electrons. The molecule has 0 aromatic carbocycles. The van der Waals surface area contributed by atoms with Crippen molar-refractivity contribution in [2.75, 3.05) is 18.6 Å². The van der Waals surface area contributed by atoms with Crippen LogP contribution in [-0.4, -0.2) is 30.1 Å². The highest BCUT2D eigenvalue weighted by atomic mass is 32.2. The Kier molecular flexibility index (Phi) is 7.08. The van der Waals surface area contributed by atoms with Crippen molar-refractivity contribution in [3.63, 3.8) is 0 Å². The lowest BCUT2D eigenvalue weighted by atomic mass is 9.86. The molecule has 1 aliphatic rings. The summed E-state index contributed by atoms with van der Waals surface area (Å²) in [6.07, 6.45) is 7.85. The highest BCUT2D eigenvalue weighted by Crippen LogP contribution is 2.37. The van der Waals surface area contributed by atoms with Gasteiger partial charge in [0.2, 0.25) is 0 Å². The first-order valence-corrected chi connectivity index (χ1v) is 8.25. The van der Waals surface area contributed by atoms with Crippen LogP contribution in [0.1, 0.15) is 51.9 Å². The Hall–Kier alpha value is -0.220. The second kappa shape index (κ2) is 8.05. The molecule has 0 heterocycles. The van der Waals surface area contributed by atoms with E-state index in [0.29, 0.717) is 5.92 Å². The van der Waals surface area contributed by atoms with E-state index in [1.54, 1.807) is 0 Å². The number of thioether (sulfide) groups is 1. The van der Waals surface area contributed by atoms with E-state index in [9.17, 15) is 4.79 Å². The summed E-state index contributed by atoms with van der Waals surface area (Å²) in [5, 5.41) is 0. The maximum Gasteiger partial charge on any atom is 0.326 e. The van der Waals surface area contributed by atoms with Gasteiger partial charge in [0.1, 0.15) is 5.54 Å². The molecule has 3 nitrogen and oxygen atoms in total. The molecule has 0 aliphatic heterocycles. The zero-order valence-electron chi connectivity index (χ0n) is 11.7. The van der Waals surface area contributed by atoms with Gasteiger partial charge in [-0.15, -0.1) is 0 Å². The Morgan fingerprint density at radius 2 is 2.22 bits per heavy atom. The van der Waals surface area contributed by atoms with E-state index in [0.717, 1.165) is 31.4 Å². The maximum atomic E-state index is 11.8. The summed E-state index contributed by atoms with van der Waals surface area (Å²) in [5.74, 6) is 2.44. The molecular weight excluding hydrogens is 246 g/mol. The van der Waals surface area contributed by atoms with Crippen LogP contribution in [0.25, 0.3) is 0 Å². The number of hydrogen-bond donors (Lipinski definition) is 1. The van der Waals surface area contributed by atoms with E-state index in [1.807, 2.05) is 11.8 Å². The Balaban J connectivity index is 2.26. The van der Waals surface area contributed by atoms with E-state index < -0.39 is 5.54 Å². The molecular formula is C14H27NO2S. The first kappa shape index (κ1) is 15.8. The van der Waals surface area contributed by atoms with Crippen LogP contribution in [0, 0.1) is 5.92 Å². The lowest BCUT2D eigenvalue weighted by molar-refractivity contribution is -0.148. The van der Waals surface area contributed by atoms with Crippen LogP contribution in [-0.2, 0) is 9.53 Å². The Labute approximate surface area is 115 Å². The van der Waals surface area contributed by atoms with E-state index in [-0.39, 0.29) is 5.97 Å². The summed E-state index contributed by atoms with van der Waals surface area (Å²) >= 11 is 1.99. The predicted octanol–water partition coefficient (Wildman–Crippen LogP) is 2.97. The van der Waals surface area contributed by atoms with Gasteiger partial charge < -0.3 is 10.5 Å². The predicted molar refractivity (Wildman–Crippen MR) is 77.7 cm³/mol. The fourth-order valence-electron chi connectivity index (χ4n) is 2.75. The molecule has 18 heavy (non-hydrogen) atoms. The molecule has 1 rings (SSSR count). The van der Waals surface area contributed by atoms with Crippen LogP contribution in [0.5, 0.6) is 0 Å². The SMILES string of the molecule is CCCCCSCCC1CCCC1(N)C(=O)OC. The Morgan fingerprint density at radius 3 is 2.89 bits per heavy atom. The summed E-state index contributed by atoms with van der Waals surface area (Å²) < 4.78 is 4.86. The molecule has 0 spiro atoms. The van der Waals surface area contributed by atoms with Crippen molar-refractivity contribution >= 4 is 17.7 Å².